The zero-order valence-electron chi connectivity index (χ0n) is 14.1. The van der Waals surface area contributed by atoms with Gasteiger partial charge in [-0.25, -0.2) is 9.59 Å². The molecular formula is C16H23N3O4. The molecule has 1 aromatic rings. The molecule has 1 aliphatic rings. The fourth-order valence-corrected chi connectivity index (χ4v) is 2.28. The van der Waals surface area contributed by atoms with E-state index in [2.05, 4.69) is 10.6 Å². The Morgan fingerprint density at radius 3 is 2.61 bits per heavy atom. The van der Waals surface area contributed by atoms with E-state index < -0.39 is 11.7 Å². The van der Waals surface area contributed by atoms with E-state index >= 15 is 0 Å². The summed E-state index contributed by atoms with van der Waals surface area (Å²) in [4.78, 5) is 25.5. The van der Waals surface area contributed by atoms with E-state index in [9.17, 15) is 9.59 Å². The molecule has 0 saturated carbocycles. The van der Waals surface area contributed by atoms with Crippen molar-refractivity contribution in [2.75, 3.05) is 30.4 Å². The zero-order valence-corrected chi connectivity index (χ0v) is 14.1. The lowest BCUT2D eigenvalue weighted by atomic mass is 10.1. The second-order valence-electron chi connectivity index (χ2n) is 6.33. The molecule has 0 fully saturated rings. The van der Waals surface area contributed by atoms with Gasteiger partial charge in [-0.15, -0.1) is 0 Å². The van der Waals surface area contributed by atoms with Crippen LogP contribution in [0.5, 0.6) is 5.75 Å². The van der Waals surface area contributed by atoms with Crippen LogP contribution in [0.1, 0.15) is 26.3 Å². The largest absolute Gasteiger partial charge is 0.489 e. The highest BCUT2D eigenvalue weighted by Gasteiger charge is 2.29. The Hall–Kier alpha value is -2.44. The van der Waals surface area contributed by atoms with Crippen molar-refractivity contribution >= 4 is 23.5 Å². The number of benzene rings is 1. The Kier molecular flexibility index (Phi) is 4.68. The molecule has 1 aliphatic heterocycles. The first-order valence-corrected chi connectivity index (χ1v) is 7.48. The number of rotatable bonds is 1. The van der Waals surface area contributed by atoms with E-state index in [4.69, 9.17) is 9.47 Å². The Bertz CT molecular complexity index is 622. The fourth-order valence-electron chi connectivity index (χ4n) is 2.28. The van der Waals surface area contributed by atoms with Gasteiger partial charge in [-0.1, -0.05) is 0 Å². The Labute approximate surface area is 135 Å². The van der Waals surface area contributed by atoms with Crippen LogP contribution in [-0.4, -0.2) is 37.9 Å². The van der Waals surface area contributed by atoms with E-state index in [-0.39, 0.29) is 6.03 Å². The van der Waals surface area contributed by atoms with Gasteiger partial charge in [0, 0.05) is 12.7 Å². The minimum Gasteiger partial charge on any atom is -0.489 e. The normalized spacial score (nSPS) is 13.7. The SMILES string of the molecule is CNC(=O)Nc1cc(C)c2c(c1)N(C(=O)OC(C)(C)C)CCO2. The molecule has 0 unspecified atom stereocenters. The highest BCUT2D eigenvalue weighted by atomic mass is 16.6. The van der Waals surface area contributed by atoms with Gasteiger partial charge in [-0.2, -0.15) is 0 Å². The van der Waals surface area contributed by atoms with Gasteiger partial charge in [0.25, 0.3) is 0 Å². The lowest BCUT2D eigenvalue weighted by molar-refractivity contribution is 0.0567. The number of carbonyl (C=O) groups is 2. The molecule has 0 spiro atoms. The number of urea groups is 1. The fraction of sp³-hybridized carbons (Fsp3) is 0.500. The molecule has 0 atom stereocenters. The van der Waals surface area contributed by atoms with E-state index in [0.717, 1.165) is 5.56 Å². The summed E-state index contributed by atoms with van der Waals surface area (Å²) in [5.41, 5.74) is 1.43. The maximum Gasteiger partial charge on any atom is 0.415 e. The van der Waals surface area contributed by atoms with Crippen molar-refractivity contribution in [3.8, 4) is 5.75 Å². The number of ether oxygens (including phenoxy) is 2. The molecule has 0 aromatic heterocycles. The summed E-state index contributed by atoms with van der Waals surface area (Å²) in [5.74, 6) is 0.629. The van der Waals surface area contributed by atoms with Crippen LogP contribution in [0.3, 0.4) is 0 Å². The Morgan fingerprint density at radius 2 is 2.00 bits per heavy atom. The van der Waals surface area contributed by atoms with Gasteiger partial charge >= 0.3 is 12.1 Å². The second kappa shape index (κ2) is 6.36. The highest BCUT2D eigenvalue weighted by Crippen LogP contribution is 2.38. The summed E-state index contributed by atoms with van der Waals surface area (Å²) in [6.07, 6.45) is -0.432. The van der Waals surface area contributed by atoms with E-state index in [1.165, 1.54) is 11.9 Å². The molecule has 126 valence electrons. The first-order valence-electron chi connectivity index (χ1n) is 7.48. The van der Waals surface area contributed by atoms with Gasteiger partial charge in [0.05, 0.1) is 12.2 Å². The third-order valence-electron chi connectivity index (χ3n) is 3.21. The quantitative estimate of drug-likeness (QED) is 0.833. The maximum atomic E-state index is 12.4. The van der Waals surface area contributed by atoms with Crippen molar-refractivity contribution in [3.63, 3.8) is 0 Å². The molecule has 0 aliphatic carbocycles. The van der Waals surface area contributed by atoms with Crippen molar-refractivity contribution in [1.29, 1.82) is 0 Å². The third-order valence-corrected chi connectivity index (χ3v) is 3.21. The predicted octanol–water partition coefficient (Wildman–Crippen LogP) is 2.88. The van der Waals surface area contributed by atoms with Gasteiger partial charge < -0.3 is 20.1 Å². The highest BCUT2D eigenvalue weighted by molar-refractivity contribution is 5.94. The minimum absolute atomic E-state index is 0.329. The van der Waals surface area contributed by atoms with Gasteiger partial charge in [-0.05, 0) is 45.4 Å². The van der Waals surface area contributed by atoms with Crippen LogP contribution in [0.4, 0.5) is 21.0 Å². The number of carbonyl (C=O) groups excluding carboxylic acids is 2. The van der Waals surface area contributed by atoms with Crippen LogP contribution in [0.2, 0.25) is 0 Å². The van der Waals surface area contributed by atoms with E-state index in [1.54, 1.807) is 12.1 Å². The second-order valence-corrected chi connectivity index (χ2v) is 6.33. The number of nitrogens with zero attached hydrogens (tertiary/aromatic N) is 1. The summed E-state index contributed by atoms with van der Waals surface area (Å²) < 4.78 is 11.1. The summed E-state index contributed by atoms with van der Waals surface area (Å²) in [6.45, 7) is 8.12. The number of anilines is 2. The molecule has 1 heterocycles. The van der Waals surface area contributed by atoms with E-state index in [0.29, 0.717) is 30.3 Å². The molecule has 23 heavy (non-hydrogen) atoms. The van der Waals surface area contributed by atoms with Gasteiger partial charge in [0.15, 0.2) is 0 Å². The van der Waals surface area contributed by atoms with Crippen LogP contribution < -0.4 is 20.3 Å². The van der Waals surface area contributed by atoms with Gasteiger partial charge in [-0.3, -0.25) is 4.90 Å². The summed E-state index contributed by atoms with van der Waals surface area (Å²) >= 11 is 0. The van der Waals surface area contributed by atoms with Gasteiger partial charge in [0.1, 0.15) is 18.0 Å². The molecular weight excluding hydrogens is 298 g/mol. The van der Waals surface area contributed by atoms with Crippen molar-refractivity contribution in [2.45, 2.75) is 33.3 Å². The van der Waals surface area contributed by atoms with Crippen molar-refractivity contribution in [2.24, 2.45) is 0 Å². The number of hydrogen-bond acceptors (Lipinski definition) is 4. The Balaban J connectivity index is 2.35. The topological polar surface area (TPSA) is 79.9 Å². The molecule has 3 amide bonds. The summed E-state index contributed by atoms with van der Waals surface area (Å²) in [7, 11) is 1.54. The van der Waals surface area contributed by atoms with Crippen molar-refractivity contribution in [1.82, 2.24) is 5.32 Å². The lowest BCUT2D eigenvalue weighted by Crippen LogP contribution is -2.41. The molecule has 7 nitrogen and oxygen atoms in total. The number of nitrogens with one attached hydrogen (secondary N) is 2. The number of fused-ring (bicyclic) bond motifs is 1. The smallest absolute Gasteiger partial charge is 0.415 e. The average molecular weight is 321 g/mol. The van der Waals surface area contributed by atoms with Crippen molar-refractivity contribution < 1.29 is 19.1 Å². The van der Waals surface area contributed by atoms with Crippen LogP contribution in [0.25, 0.3) is 0 Å². The van der Waals surface area contributed by atoms with Crippen LogP contribution in [-0.2, 0) is 4.74 Å². The average Bonchev–Trinajstić information content (AvgIpc) is 2.44. The van der Waals surface area contributed by atoms with Crippen molar-refractivity contribution in [3.05, 3.63) is 17.7 Å². The zero-order chi connectivity index (χ0) is 17.2. The summed E-state index contributed by atoms with van der Waals surface area (Å²) in [5, 5.41) is 5.20. The molecule has 0 radical (unpaired) electrons. The molecule has 2 rings (SSSR count). The van der Waals surface area contributed by atoms with Crippen LogP contribution in [0, 0.1) is 6.92 Å². The predicted molar refractivity (Wildman–Crippen MR) is 88.3 cm³/mol. The monoisotopic (exact) mass is 321 g/mol. The molecule has 7 heteroatoms. The number of hydrogen-bond donors (Lipinski definition) is 2. The lowest BCUT2D eigenvalue weighted by Gasteiger charge is -2.32. The number of aryl methyl sites for hydroxylation is 1. The third kappa shape index (κ3) is 4.06. The first-order chi connectivity index (χ1) is 10.7. The van der Waals surface area contributed by atoms with E-state index in [1.807, 2.05) is 27.7 Å². The van der Waals surface area contributed by atoms with Gasteiger partial charge in [0.2, 0.25) is 0 Å². The number of amides is 3. The molecule has 0 saturated heterocycles. The minimum atomic E-state index is -0.581. The molecule has 2 N–H and O–H groups in total. The molecule has 0 bridgehead atoms. The standard InChI is InChI=1S/C16H23N3O4/c1-10-8-11(18-14(20)17-5)9-12-13(10)22-7-6-19(12)15(21)23-16(2,3)4/h8-9H,6-7H2,1-5H3,(H2,17,18,20). The molecule has 1 aromatic carbocycles. The maximum absolute atomic E-state index is 12.4. The van der Waals surface area contributed by atoms with Crippen LogP contribution >= 0.6 is 0 Å². The van der Waals surface area contributed by atoms with Crippen LogP contribution in [0.15, 0.2) is 12.1 Å². The summed E-state index contributed by atoms with van der Waals surface area (Å²) in [6, 6.07) is 3.18. The first kappa shape index (κ1) is 16.9. The Morgan fingerprint density at radius 1 is 1.30 bits per heavy atom.